The van der Waals surface area contributed by atoms with Crippen LogP contribution in [0.1, 0.15) is 10.6 Å². The first-order chi connectivity index (χ1) is 10.0. The zero-order valence-electron chi connectivity index (χ0n) is 12.5. The molecule has 3 aromatic rings. The van der Waals surface area contributed by atoms with Gasteiger partial charge in [-0.3, -0.25) is 0 Å². The van der Waals surface area contributed by atoms with Gasteiger partial charge in [0.1, 0.15) is 5.82 Å². The van der Waals surface area contributed by atoms with Gasteiger partial charge in [-0.05, 0) is 32.0 Å². The van der Waals surface area contributed by atoms with Crippen LogP contribution in [0.3, 0.4) is 0 Å². The van der Waals surface area contributed by atoms with Gasteiger partial charge in [0.25, 0.3) is 0 Å². The van der Waals surface area contributed by atoms with Crippen molar-refractivity contribution in [2.45, 2.75) is 13.8 Å². The van der Waals surface area contributed by atoms with Gasteiger partial charge in [0.2, 0.25) is 5.95 Å². The second-order valence-electron chi connectivity index (χ2n) is 5.14. The molecule has 0 aliphatic heterocycles. The van der Waals surface area contributed by atoms with Crippen molar-refractivity contribution in [2.75, 3.05) is 24.3 Å². The van der Waals surface area contributed by atoms with Crippen molar-refractivity contribution in [3.05, 3.63) is 35.0 Å². The second kappa shape index (κ2) is 5.29. The Kier molecular flexibility index (Phi) is 3.47. The summed E-state index contributed by atoms with van der Waals surface area (Å²) < 4.78 is 1.19. The van der Waals surface area contributed by atoms with Crippen LogP contribution in [0.5, 0.6) is 0 Å². The normalized spacial score (nSPS) is 10.9. The minimum atomic E-state index is 0.593. The summed E-state index contributed by atoms with van der Waals surface area (Å²) in [6.07, 6.45) is 1.83. The predicted octanol–water partition coefficient (Wildman–Crippen LogP) is 3.51. The second-order valence-corrected chi connectivity index (χ2v) is 6.37. The third kappa shape index (κ3) is 2.80. The van der Waals surface area contributed by atoms with Crippen molar-refractivity contribution in [1.29, 1.82) is 0 Å². The van der Waals surface area contributed by atoms with Crippen LogP contribution in [0.4, 0.5) is 17.5 Å². The fourth-order valence-electron chi connectivity index (χ4n) is 2.20. The van der Waals surface area contributed by atoms with Crippen LogP contribution >= 0.6 is 11.3 Å². The number of fused-ring (bicyclic) bond motifs is 1. The number of benzene rings is 1. The lowest BCUT2D eigenvalue weighted by Crippen LogP contribution is -2.13. The Morgan fingerprint density at radius 1 is 1.14 bits per heavy atom. The van der Waals surface area contributed by atoms with Gasteiger partial charge < -0.3 is 10.2 Å². The molecular weight excluding hydrogens is 282 g/mol. The molecule has 21 heavy (non-hydrogen) atoms. The van der Waals surface area contributed by atoms with Crippen molar-refractivity contribution in [2.24, 2.45) is 0 Å². The molecule has 0 spiro atoms. The Morgan fingerprint density at radius 2 is 1.95 bits per heavy atom. The van der Waals surface area contributed by atoms with Crippen LogP contribution < -0.4 is 10.2 Å². The van der Waals surface area contributed by atoms with E-state index in [-0.39, 0.29) is 0 Å². The molecule has 0 unspecified atom stereocenters. The lowest BCUT2D eigenvalue weighted by atomic mass is 10.3. The van der Waals surface area contributed by atoms with Crippen LogP contribution in [-0.2, 0) is 0 Å². The number of aryl methyl sites for hydroxylation is 2. The van der Waals surface area contributed by atoms with E-state index in [2.05, 4.69) is 26.3 Å². The monoisotopic (exact) mass is 299 g/mol. The summed E-state index contributed by atoms with van der Waals surface area (Å²) in [6.45, 7) is 4.02. The molecule has 0 saturated heterocycles. The summed E-state index contributed by atoms with van der Waals surface area (Å²) in [7, 11) is 3.95. The number of nitrogens with zero attached hydrogens (tertiary/aromatic N) is 4. The van der Waals surface area contributed by atoms with E-state index < -0.39 is 0 Å². The summed E-state index contributed by atoms with van der Waals surface area (Å²) in [5.74, 6) is 1.51. The molecule has 0 bridgehead atoms. The molecule has 0 atom stereocenters. The quantitative estimate of drug-likeness (QED) is 0.802. The Bertz CT molecular complexity index is 794. The number of anilines is 3. The number of hydrogen-bond acceptors (Lipinski definition) is 6. The fourth-order valence-corrected chi connectivity index (χ4v) is 3.00. The molecule has 0 amide bonds. The summed E-state index contributed by atoms with van der Waals surface area (Å²) in [5, 5.41) is 4.32. The summed E-state index contributed by atoms with van der Waals surface area (Å²) in [4.78, 5) is 15.4. The van der Waals surface area contributed by atoms with Gasteiger partial charge in [-0.1, -0.05) is 0 Å². The largest absolute Gasteiger partial charge is 0.362 e. The predicted molar refractivity (Wildman–Crippen MR) is 88.7 cm³/mol. The third-order valence-corrected chi connectivity index (χ3v) is 4.07. The average Bonchev–Trinajstić information content (AvgIpc) is 2.80. The Labute approximate surface area is 127 Å². The molecule has 0 saturated carbocycles. The highest BCUT2D eigenvalue weighted by Crippen LogP contribution is 2.26. The van der Waals surface area contributed by atoms with Gasteiger partial charge in [0.15, 0.2) is 0 Å². The maximum Gasteiger partial charge on any atom is 0.229 e. The Balaban J connectivity index is 1.92. The van der Waals surface area contributed by atoms with E-state index in [1.54, 1.807) is 11.3 Å². The minimum Gasteiger partial charge on any atom is -0.362 e. The molecule has 0 fully saturated rings. The molecule has 2 aromatic heterocycles. The summed E-state index contributed by atoms with van der Waals surface area (Å²) in [5.41, 5.74) is 3.00. The molecule has 3 rings (SSSR count). The third-order valence-electron chi connectivity index (χ3n) is 3.12. The van der Waals surface area contributed by atoms with E-state index in [4.69, 9.17) is 0 Å². The van der Waals surface area contributed by atoms with E-state index in [0.29, 0.717) is 5.95 Å². The fraction of sp³-hybridized carbons (Fsp3) is 0.267. The number of aromatic nitrogens is 3. The van der Waals surface area contributed by atoms with Gasteiger partial charge in [0.05, 0.1) is 15.2 Å². The van der Waals surface area contributed by atoms with Gasteiger partial charge >= 0.3 is 0 Å². The highest BCUT2D eigenvalue weighted by Gasteiger charge is 2.07. The Hall–Kier alpha value is -2.21. The number of hydrogen-bond donors (Lipinski definition) is 1. The summed E-state index contributed by atoms with van der Waals surface area (Å²) >= 11 is 1.70. The molecular formula is C15H17N5S. The molecule has 6 heteroatoms. The molecule has 0 aliphatic carbocycles. The van der Waals surface area contributed by atoms with Crippen LogP contribution in [-0.4, -0.2) is 29.0 Å². The maximum absolute atomic E-state index is 4.54. The smallest absolute Gasteiger partial charge is 0.229 e. The first kappa shape index (κ1) is 13.8. The molecule has 1 N–H and O–H groups in total. The van der Waals surface area contributed by atoms with E-state index in [9.17, 15) is 0 Å². The Morgan fingerprint density at radius 3 is 2.71 bits per heavy atom. The van der Waals surface area contributed by atoms with Crippen LogP contribution in [0.25, 0.3) is 10.2 Å². The maximum atomic E-state index is 4.54. The van der Waals surface area contributed by atoms with Gasteiger partial charge in [0, 0.05) is 31.5 Å². The zero-order valence-corrected chi connectivity index (χ0v) is 13.3. The number of nitrogens with one attached hydrogen (secondary N) is 1. The number of rotatable bonds is 3. The van der Waals surface area contributed by atoms with Gasteiger partial charge in [-0.25, -0.2) is 9.97 Å². The van der Waals surface area contributed by atoms with Gasteiger partial charge in [-0.2, -0.15) is 4.98 Å². The molecule has 1 aromatic carbocycles. The average molecular weight is 299 g/mol. The van der Waals surface area contributed by atoms with Crippen molar-refractivity contribution in [3.63, 3.8) is 0 Å². The molecule has 0 aliphatic rings. The van der Waals surface area contributed by atoms with Crippen LogP contribution in [0.15, 0.2) is 24.4 Å². The highest BCUT2D eigenvalue weighted by molar-refractivity contribution is 7.18. The molecule has 5 nitrogen and oxygen atoms in total. The van der Waals surface area contributed by atoms with Crippen LogP contribution in [0, 0.1) is 13.8 Å². The van der Waals surface area contributed by atoms with E-state index in [1.807, 2.05) is 51.2 Å². The standard InChI is InChI=1S/C15H17N5S/c1-9-8-16-15(19-14(9)20(3)4)18-11-5-6-13-12(7-11)17-10(2)21-13/h5-8H,1-4H3,(H,16,18,19). The van der Waals surface area contributed by atoms with Crippen molar-refractivity contribution < 1.29 is 0 Å². The highest BCUT2D eigenvalue weighted by atomic mass is 32.1. The first-order valence-electron chi connectivity index (χ1n) is 6.68. The summed E-state index contributed by atoms with van der Waals surface area (Å²) in [6, 6.07) is 6.12. The topological polar surface area (TPSA) is 53.9 Å². The van der Waals surface area contributed by atoms with E-state index in [1.165, 1.54) is 4.70 Å². The van der Waals surface area contributed by atoms with E-state index >= 15 is 0 Å². The first-order valence-corrected chi connectivity index (χ1v) is 7.50. The van der Waals surface area contributed by atoms with Crippen molar-refractivity contribution in [1.82, 2.24) is 15.0 Å². The lowest BCUT2D eigenvalue weighted by molar-refractivity contribution is 1.02. The minimum absolute atomic E-state index is 0.593. The van der Waals surface area contributed by atoms with E-state index in [0.717, 1.165) is 27.6 Å². The number of thiazole rings is 1. The van der Waals surface area contributed by atoms with Gasteiger partial charge in [-0.15, -0.1) is 11.3 Å². The van der Waals surface area contributed by atoms with Crippen molar-refractivity contribution in [3.8, 4) is 0 Å². The molecule has 0 radical (unpaired) electrons. The molecule has 2 heterocycles. The zero-order chi connectivity index (χ0) is 15.0. The lowest BCUT2D eigenvalue weighted by Gasteiger charge is -2.15. The molecule has 108 valence electrons. The van der Waals surface area contributed by atoms with Crippen molar-refractivity contribution >= 4 is 39.0 Å². The SMILES string of the molecule is Cc1nc2cc(Nc3ncc(C)c(N(C)C)n3)ccc2s1. The van der Waals surface area contributed by atoms with Crippen LogP contribution in [0.2, 0.25) is 0 Å².